The Bertz CT molecular complexity index is 962. The first kappa shape index (κ1) is 26.1. The van der Waals surface area contributed by atoms with Gasteiger partial charge in [-0.2, -0.15) is 18.3 Å². The van der Waals surface area contributed by atoms with Crippen molar-refractivity contribution in [3.63, 3.8) is 0 Å². The van der Waals surface area contributed by atoms with Crippen molar-refractivity contribution in [1.82, 2.24) is 19.6 Å². The van der Waals surface area contributed by atoms with Crippen molar-refractivity contribution < 1.29 is 37.0 Å². The smallest absolute Gasteiger partial charge is 0.490 e. The van der Waals surface area contributed by atoms with E-state index < -0.39 is 12.1 Å². The van der Waals surface area contributed by atoms with E-state index >= 15 is 0 Å². The molecule has 1 aromatic heterocycles. The highest BCUT2D eigenvalue weighted by atomic mass is 19.4. The Morgan fingerprint density at radius 1 is 1.24 bits per heavy atom. The summed E-state index contributed by atoms with van der Waals surface area (Å²) in [6.45, 7) is 2.88. The van der Waals surface area contributed by atoms with E-state index in [1.165, 1.54) is 19.2 Å². The zero-order chi connectivity index (χ0) is 24.8. The molecule has 1 unspecified atom stereocenters. The monoisotopic (exact) mass is 474 g/mol. The van der Waals surface area contributed by atoms with Gasteiger partial charge in [-0.25, -0.2) is 9.18 Å². The number of aliphatic carboxylic acids is 1. The van der Waals surface area contributed by atoms with Gasteiger partial charge < -0.3 is 19.6 Å². The van der Waals surface area contributed by atoms with Gasteiger partial charge in [-0.3, -0.25) is 9.48 Å². The van der Waals surface area contributed by atoms with Crippen LogP contribution >= 0.6 is 0 Å². The van der Waals surface area contributed by atoms with Gasteiger partial charge >= 0.3 is 12.1 Å². The van der Waals surface area contributed by atoms with E-state index in [-0.39, 0.29) is 18.1 Å². The fourth-order valence-corrected chi connectivity index (χ4v) is 3.49. The summed E-state index contributed by atoms with van der Waals surface area (Å²) in [5.74, 6) is -2.42. The maximum atomic E-state index is 13.4. The number of carboxylic acids is 1. The number of rotatable bonds is 5. The Morgan fingerprint density at radius 2 is 1.91 bits per heavy atom. The summed E-state index contributed by atoms with van der Waals surface area (Å²) in [7, 11) is 5.55. The van der Waals surface area contributed by atoms with Gasteiger partial charge in [-0.1, -0.05) is 6.07 Å². The van der Waals surface area contributed by atoms with Gasteiger partial charge in [0.2, 0.25) is 5.91 Å². The highest BCUT2D eigenvalue weighted by Crippen LogP contribution is 2.23. The molecule has 0 bridgehead atoms. The van der Waals surface area contributed by atoms with Crippen molar-refractivity contribution in [3.05, 3.63) is 47.5 Å². The molecule has 1 atom stereocenters. The topological polar surface area (TPSA) is 87.9 Å². The van der Waals surface area contributed by atoms with Crippen LogP contribution in [0.2, 0.25) is 0 Å². The van der Waals surface area contributed by atoms with Crippen LogP contribution in [-0.2, 0) is 29.1 Å². The number of ether oxygens (including phenoxy) is 1. The third-order valence-corrected chi connectivity index (χ3v) is 4.88. The maximum absolute atomic E-state index is 13.4. The zero-order valence-corrected chi connectivity index (χ0v) is 18.5. The number of aromatic nitrogens is 2. The minimum atomic E-state index is -5.08. The van der Waals surface area contributed by atoms with E-state index in [2.05, 4.69) is 10.00 Å². The molecule has 182 valence electrons. The third kappa shape index (κ3) is 7.74. The minimum Gasteiger partial charge on any atom is -0.496 e. The summed E-state index contributed by atoms with van der Waals surface area (Å²) < 4.78 is 52.3. The number of amides is 1. The summed E-state index contributed by atoms with van der Waals surface area (Å²) >= 11 is 0. The normalized spacial score (nSPS) is 15.9. The maximum Gasteiger partial charge on any atom is 0.490 e. The fraction of sp³-hybridized carbons (Fsp3) is 0.476. The highest BCUT2D eigenvalue weighted by Gasteiger charge is 2.38. The van der Waals surface area contributed by atoms with Gasteiger partial charge in [0.05, 0.1) is 25.8 Å². The van der Waals surface area contributed by atoms with Crippen LogP contribution in [0.4, 0.5) is 17.6 Å². The first-order valence-electron chi connectivity index (χ1n) is 9.96. The van der Waals surface area contributed by atoms with Crippen LogP contribution in [0.5, 0.6) is 5.75 Å². The Labute approximate surface area is 188 Å². The molecule has 0 saturated carbocycles. The summed E-state index contributed by atoms with van der Waals surface area (Å²) in [5.41, 5.74) is 1.73. The number of benzene rings is 1. The molecule has 1 aromatic carbocycles. The van der Waals surface area contributed by atoms with Crippen LogP contribution in [0.15, 0.2) is 30.5 Å². The molecule has 0 saturated heterocycles. The van der Waals surface area contributed by atoms with E-state index in [4.69, 9.17) is 14.6 Å². The standard InChI is InChI=1S/C19H25FN4O2.C2HF3O2/c1-22(2)10-14-11-23(13-17-6-7-21-24(17)12-14)19(25)8-15-4-5-16(20)9-18(15)26-3;3-2(4,5)1(6)7/h4-7,9,14H,8,10-13H2,1-3H3;(H,6,7). The predicted octanol–water partition coefficient (Wildman–Crippen LogP) is 2.43. The molecule has 3 rings (SSSR count). The lowest BCUT2D eigenvalue weighted by atomic mass is 10.1. The Kier molecular flexibility index (Phi) is 8.80. The summed E-state index contributed by atoms with van der Waals surface area (Å²) in [6.07, 6.45) is -3.12. The second kappa shape index (κ2) is 11.1. The SMILES string of the molecule is COc1cc(F)ccc1CC(=O)N1Cc2ccnn2CC(CN(C)C)C1.O=C(O)C(F)(F)F. The highest BCUT2D eigenvalue weighted by molar-refractivity contribution is 5.79. The van der Waals surface area contributed by atoms with Crippen molar-refractivity contribution >= 4 is 11.9 Å². The number of carbonyl (C=O) groups excluding carboxylic acids is 1. The molecule has 1 aliphatic rings. The molecular weight excluding hydrogens is 448 g/mol. The van der Waals surface area contributed by atoms with E-state index in [1.807, 2.05) is 29.7 Å². The van der Waals surface area contributed by atoms with E-state index in [9.17, 15) is 22.4 Å². The van der Waals surface area contributed by atoms with Gasteiger partial charge in [-0.15, -0.1) is 0 Å². The molecule has 0 radical (unpaired) electrons. The quantitative estimate of drug-likeness (QED) is 0.670. The van der Waals surface area contributed by atoms with Gasteiger partial charge in [0.25, 0.3) is 0 Å². The Balaban J connectivity index is 0.000000479. The van der Waals surface area contributed by atoms with E-state index in [0.717, 1.165) is 18.8 Å². The lowest BCUT2D eigenvalue weighted by molar-refractivity contribution is -0.192. The van der Waals surface area contributed by atoms with Crippen LogP contribution in [0.3, 0.4) is 0 Å². The van der Waals surface area contributed by atoms with Crippen LogP contribution in [0.1, 0.15) is 11.3 Å². The predicted molar refractivity (Wildman–Crippen MR) is 110 cm³/mol. The van der Waals surface area contributed by atoms with Crippen LogP contribution < -0.4 is 4.74 Å². The van der Waals surface area contributed by atoms with Crippen molar-refractivity contribution in [3.8, 4) is 5.75 Å². The summed E-state index contributed by atoms with van der Waals surface area (Å²) in [5, 5.41) is 11.5. The molecule has 8 nitrogen and oxygen atoms in total. The van der Waals surface area contributed by atoms with Gasteiger partial charge in [-0.05, 0) is 26.2 Å². The van der Waals surface area contributed by atoms with E-state index in [1.54, 1.807) is 12.3 Å². The zero-order valence-electron chi connectivity index (χ0n) is 18.5. The number of nitrogens with zero attached hydrogens (tertiary/aromatic N) is 4. The first-order chi connectivity index (χ1) is 15.4. The lowest BCUT2D eigenvalue weighted by Crippen LogP contribution is -2.38. The second-order valence-electron chi connectivity index (χ2n) is 7.84. The molecule has 0 spiro atoms. The number of hydrogen-bond donors (Lipinski definition) is 1. The van der Waals surface area contributed by atoms with Crippen LogP contribution in [-0.4, -0.2) is 77.0 Å². The average Bonchev–Trinajstić information content (AvgIpc) is 3.07. The molecule has 1 aliphatic heterocycles. The molecule has 33 heavy (non-hydrogen) atoms. The number of halogens is 4. The minimum absolute atomic E-state index is 0.00770. The number of hydrogen-bond acceptors (Lipinski definition) is 5. The molecular formula is C21H26F4N4O4. The first-order valence-corrected chi connectivity index (χ1v) is 9.96. The van der Waals surface area contributed by atoms with Crippen LogP contribution in [0.25, 0.3) is 0 Å². The number of fused-ring (bicyclic) bond motifs is 1. The van der Waals surface area contributed by atoms with Crippen molar-refractivity contribution in [2.45, 2.75) is 25.7 Å². The molecule has 1 N–H and O–H groups in total. The van der Waals surface area contributed by atoms with Crippen LogP contribution in [0, 0.1) is 11.7 Å². The third-order valence-electron chi connectivity index (χ3n) is 4.88. The van der Waals surface area contributed by atoms with Crippen molar-refractivity contribution in [2.24, 2.45) is 5.92 Å². The largest absolute Gasteiger partial charge is 0.496 e. The molecule has 0 aliphatic carbocycles. The van der Waals surface area contributed by atoms with Gasteiger partial charge in [0.1, 0.15) is 11.6 Å². The van der Waals surface area contributed by atoms with Crippen molar-refractivity contribution in [2.75, 3.05) is 34.3 Å². The molecule has 12 heteroatoms. The Morgan fingerprint density at radius 3 is 2.48 bits per heavy atom. The number of methoxy groups -OCH3 is 1. The summed E-state index contributed by atoms with van der Waals surface area (Å²) in [6, 6.07) is 6.24. The summed E-state index contributed by atoms with van der Waals surface area (Å²) in [4.78, 5) is 25.9. The van der Waals surface area contributed by atoms with Gasteiger partial charge in [0, 0.05) is 43.4 Å². The number of alkyl halides is 3. The van der Waals surface area contributed by atoms with Crippen molar-refractivity contribution in [1.29, 1.82) is 0 Å². The molecule has 1 amide bonds. The Hall–Kier alpha value is -3.15. The molecule has 0 fully saturated rings. The average molecular weight is 474 g/mol. The lowest BCUT2D eigenvalue weighted by Gasteiger charge is -2.26. The van der Waals surface area contributed by atoms with Gasteiger partial charge in [0.15, 0.2) is 0 Å². The second-order valence-corrected chi connectivity index (χ2v) is 7.84. The number of carboxylic acid groups (broad SMARTS) is 1. The fourth-order valence-electron chi connectivity index (χ4n) is 3.49. The molecule has 2 heterocycles. The van der Waals surface area contributed by atoms with E-state index in [0.29, 0.717) is 30.3 Å². The number of carbonyl (C=O) groups is 2. The molecule has 2 aromatic rings.